The summed E-state index contributed by atoms with van der Waals surface area (Å²) < 4.78 is 10.7. The van der Waals surface area contributed by atoms with Crippen LogP contribution in [0.25, 0.3) is 6.08 Å². The Kier molecular flexibility index (Phi) is 5.23. The van der Waals surface area contributed by atoms with Crippen molar-refractivity contribution in [2.45, 2.75) is 6.92 Å². The summed E-state index contributed by atoms with van der Waals surface area (Å²) in [6, 6.07) is 11.0. The maximum Gasteiger partial charge on any atom is 0.363 e. The Labute approximate surface area is 166 Å². The number of thiophene rings is 1. The highest BCUT2D eigenvalue weighted by Gasteiger charge is 2.24. The first-order valence-electron chi connectivity index (χ1n) is 8.91. The Morgan fingerprint density at radius 3 is 2.64 bits per heavy atom. The molecule has 7 nitrogen and oxygen atoms in total. The minimum Gasteiger partial charge on any atom is -0.402 e. The molecule has 28 heavy (non-hydrogen) atoms. The Bertz CT molecular complexity index is 956. The van der Waals surface area contributed by atoms with Crippen molar-refractivity contribution in [2.75, 3.05) is 36.5 Å². The topological polar surface area (TPSA) is 80.2 Å². The molecule has 0 aliphatic carbocycles. The van der Waals surface area contributed by atoms with E-state index >= 15 is 0 Å². The number of carbonyl (C=O) groups excluding carboxylic acids is 2. The maximum absolute atomic E-state index is 12.2. The van der Waals surface area contributed by atoms with Crippen LogP contribution in [-0.2, 0) is 19.1 Å². The van der Waals surface area contributed by atoms with E-state index in [2.05, 4.69) is 15.2 Å². The van der Waals surface area contributed by atoms with E-state index in [1.54, 1.807) is 41.7 Å². The molecule has 4 rings (SSSR count). The molecular weight excluding hydrogens is 378 g/mol. The lowest BCUT2D eigenvalue weighted by molar-refractivity contribution is -0.129. The van der Waals surface area contributed by atoms with Gasteiger partial charge in [0, 0.05) is 36.1 Å². The number of hydrogen-bond acceptors (Lipinski definition) is 7. The summed E-state index contributed by atoms with van der Waals surface area (Å²) in [5, 5.41) is 3.85. The smallest absolute Gasteiger partial charge is 0.363 e. The second kappa shape index (κ2) is 7.95. The van der Waals surface area contributed by atoms with Crippen LogP contribution in [0.2, 0.25) is 0 Å². The third-order valence-corrected chi connectivity index (χ3v) is 5.38. The zero-order valence-corrected chi connectivity index (χ0v) is 16.1. The number of hydrogen-bond donors (Lipinski definition) is 1. The van der Waals surface area contributed by atoms with Crippen molar-refractivity contribution >= 4 is 45.9 Å². The van der Waals surface area contributed by atoms with Gasteiger partial charge in [-0.25, -0.2) is 9.79 Å². The van der Waals surface area contributed by atoms with Crippen molar-refractivity contribution in [1.29, 1.82) is 0 Å². The summed E-state index contributed by atoms with van der Waals surface area (Å²) in [5.74, 6) is -0.354. The third kappa shape index (κ3) is 4.13. The summed E-state index contributed by atoms with van der Waals surface area (Å²) >= 11 is 1.61. The number of nitrogens with one attached hydrogen (secondary N) is 1. The molecule has 0 radical (unpaired) electrons. The number of rotatable bonds is 4. The molecule has 0 atom stereocenters. The highest BCUT2D eigenvalue weighted by atomic mass is 32.1. The molecule has 0 saturated carbocycles. The molecule has 8 heteroatoms. The summed E-state index contributed by atoms with van der Waals surface area (Å²) in [5.41, 5.74) is 1.62. The van der Waals surface area contributed by atoms with E-state index in [0.717, 1.165) is 36.2 Å². The van der Waals surface area contributed by atoms with Crippen LogP contribution in [0.15, 0.2) is 47.1 Å². The first-order chi connectivity index (χ1) is 13.6. The minimum absolute atomic E-state index is 0.144. The molecule has 1 aromatic carbocycles. The molecular formula is C20H19N3O4S. The van der Waals surface area contributed by atoms with E-state index in [0.29, 0.717) is 11.3 Å². The van der Waals surface area contributed by atoms with Gasteiger partial charge in [0.15, 0.2) is 5.70 Å². The van der Waals surface area contributed by atoms with Crippen LogP contribution in [0.1, 0.15) is 17.4 Å². The van der Waals surface area contributed by atoms with E-state index in [4.69, 9.17) is 9.47 Å². The van der Waals surface area contributed by atoms with Crippen molar-refractivity contribution < 1.29 is 19.1 Å². The summed E-state index contributed by atoms with van der Waals surface area (Å²) in [4.78, 5) is 30.9. The number of carbonyl (C=O) groups is 2. The van der Waals surface area contributed by atoms with Gasteiger partial charge in [-0.15, -0.1) is 11.3 Å². The van der Waals surface area contributed by atoms with E-state index in [1.165, 1.54) is 6.92 Å². The molecule has 0 spiro atoms. The predicted molar refractivity (Wildman–Crippen MR) is 109 cm³/mol. The van der Waals surface area contributed by atoms with Crippen LogP contribution < -0.4 is 10.2 Å². The Morgan fingerprint density at radius 1 is 1.18 bits per heavy atom. The first kappa shape index (κ1) is 18.4. The number of anilines is 2. The maximum atomic E-state index is 12.2. The number of cyclic esters (lactones) is 1. The first-order valence-corrected chi connectivity index (χ1v) is 9.73. The highest BCUT2D eigenvalue weighted by Crippen LogP contribution is 2.29. The summed E-state index contributed by atoms with van der Waals surface area (Å²) in [6.07, 6.45) is 1.75. The molecule has 1 amide bonds. The Morgan fingerprint density at radius 2 is 1.93 bits per heavy atom. The van der Waals surface area contributed by atoms with Gasteiger partial charge in [-0.3, -0.25) is 4.79 Å². The fourth-order valence-corrected chi connectivity index (χ4v) is 3.94. The number of benzene rings is 1. The zero-order valence-electron chi connectivity index (χ0n) is 15.3. The van der Waals surface area contributed by atoms with Crippen molar-refractivity contribution in [3.63, 3.8) is 0 Å². The van der Waals surface area contributed by atoms with Gasteiger partial charge in [0.25, 0.3) is 0 Å². The largest absolute Gasteiger partial charge is 0.402 e. The van der Waals surface area contributed by atoms with Crippen LogP contribution in [-0.4, -0.2) is 44.1 Å². The standard InChI is InChI=1S/C20H19N3O4S/c1-13(24)21-15-4-2-14(3-5-15)19-22-17(20(25)27-19)12-16-6-7-18(28-16)23-8-10-26-11-9-23/h2-7,12H,8-11H2,1H3,(H,21,24)/b17-12-. The van der Waals surface area contributed by atoms with E-state index < -0.39 is 5.97 Å². The van der Waals surface area contributed by atoms with Gasteiger partial charge in [0.2, 0.25) is 11.8 Å². The molecule has 1 aromatic heterocycles. The monoisotopic (exact) mass is 397 g/mol. The van der Waals surface area contributed by atoms with Crippen molar-refractivity contribution in [3.8, 4) is 0 Å². The lowest BCUT2D eigenvalue weighted by atomic mass is 10.2. The van der Waals surface area contributed by atoms with Crippen molar-refractivity contribution in [3.05, 3.63) is 52.5 Å². The fourth-order valence-electron chi connectivity index (χ4n) is 2.94. The molecule has 2 aliphatic heterocycles. The van der Waals surface area contributed by atoms with E-state index in [-0.39, 0.29) is 17.5 Å². The van der Waals surface area contributed by atoms with Gasteiger partial charge >= 0.3 is 5.97 Å². The molecule has 0 unspecified atom stereocenters. The molecule has 144 valence electrons. The summed E-state index contributed by atoms with van der Waals surface area (Å²) in [6.45, 7) is 4.65. The fraction of sp³-hybridized carbons (Fsp3) is 0.250. The Hall–Kier alpha value is -2.97. The second-order valence-electron chi connectivity index (χ2n) is 6.37. The van der Waals surface area contributed by atoms with Crippen LogP contribution >= 0.6 is 11.3 Å². The van der Waals surface area contributed by atoms with Gasteiger partial charge in [-0.1, -0.05) is 0 Å². The van der Waals surface area contributed by atoms with Gasteiger partial charge in [-0.2, -0.15) is 0 Å². The highest BCUT2D eigenvalue weighted by molar-refractivity contribution is 7.16. The number of aliphatic imine (C=N–C) groups is 1. The van der Waals surface area contributed by atoms with Crippen LogP contribution in [0, 0.1) is 0 Å². The van der Waals surface area contributed by atoms with E-state index in [1.807, 2.05) is 12.1 Å². The number of amides is 1. The predicted octanol–water partition coefficient (Wildman–Crippen LogP) is 2.89. The van der Waals surface area contributed by atoms with Crippen LogP contribution in [0.4, 0.5) is 10.7 Å². The number of esters is 1. The lowest BCUT2D eigenvalue weighted by Gasteiger charge is -2.27. The van der Waals surface area contributed by atoms with Crippen LogP contribution in [0.5, 0.6) is 0 Å². The summed E-state index contributed by atoms with van der Waals surface area (Å²) in [7, 11) is 0. The molecule has 0 bridgehead atoms. The third-order valence-electron chi connectivity index (χ3n) is 4.29. The molecule has 1 fully saturated rings. The number of nitrogens with zero attached hydrogens (tertiary/aromatic N) is 2. The van der Waals surface area contributed by atoms with Gasteiger partial charge in [0.1, 0.15) is 0 Å². The number of morpholine rings is 1. The molecule has 1 N–H and O–H groups in total. The zero-order chi connectivity index (χ0) is 19.5. The molecule has 3 heterocycles. The van der Waals surface area contributed by atoms with Gasteiger partial charge in [-0.05, 0) is 42.5 Å². The average molecular weight is 397 g/mol. The molecule has 2 aliphatic rings. The average Bonchev–Trinajstić information content (AvgIpc) is 3.30. The van der Waals surface area contributed by atoms with Gasteiger partial charge in [0.05, 0.1) is 18.2 Å². The number of ether oxygens (including phenoxy) is 2. The minimum atomic E-state index is -0.470. The lowest BCUT2D eigenvalue weighted by Crippen LogP contribution is -2.35. The van der Waals surface area contributed by atoms with E-state index in [9.17, 15) is 9.59 Å². The van der Waals surface area contributed by atoms with Gasteiger partial charge < -0.3 is 19.7 Å². The SMILES string of the molecule is CC(=O)Nc1ccc(C2=N/C(=C\c3ccc(N4CCOCC4)s3)C(=O)O2)cc1. The van der Waals surface area contributed by atoms with Crippen molar-refractivity contribution in [2.24, 2.45) is 4.99 Å². The molecule has 1 saturated heterocycles. The van der Waals surface area contributed by atoms with Crippen molar-refractivity contribution in [1.82, 2.24) is 0 Å². The van der Waals surface area contributed by atoms with Crippen LogP contribution in [0.3, 0.4) is 0 Å². The normalized spacial score (nSPS) is 18.2. The quantitative estimate of drug-likeness (QED) is 0.634. The Balaban J connectivity index is 1.50. The molecule has 2 aromatic rings. The second-order valence-corrected chi connectivity index (χ2v) is 7.46.